The fourth-order valence-corrected chi connectivity index (χ4v) is 2.01. The Morgan fingerprint density at radius 1 is 1.38 bits per heavy atom. The number of anilines is 1. The number of alkyl carbamates (subject to hydrolysis) is 1. The molecule has 2 rings (SSSR count). The predicted octanol–water partition coefficient (Wildman–Crippen LogP) is 3.50. The maximum atomic E-state index is 11.6. The van der Waals surface area contributed by atoms with Gasteiger partial charge < -0.3 is 15.8 Å². The van der Waals surface area contributed by atoms with Gasteiger partial charge in [-0.1, -0.05) is 11.6 Å². The summed E-state index contributed by atoms with van der Waals surface area (Å²) in [6.07, 6.45) is -0.493. The van der Waals surface area contributed by atoms with E-state index in [4.69, 9.17) is 22.1 Å². The Balaban J connectivity index is 2.15. The van der Waals surface area contributed by atoms with Gasteiger partial charge in [-0.3, -0.25) is 0 Å². The molecule has 0 spiro atoms. The van der Waals surface area contributed by atoms with E-state index in [0.717, 1.165) is 16.5 Å². The number of halogens is 1. The molecular formula is C15H18ClN3O2. The van der Waals surface area contributed by atoms with E-state index in [1.54, 1.807) is 39.0 Å². The number of hydrogen-bond acceptors (Lipinski definition) is 4. The fourth-order valence-electron chi connectivity index (χ4n) is 1.83. The van der Waals surface area contributed by atoms with Crippen molar-refractivity contribution in [1.82, 2.24) is 10.3 Å². The van der Waals surface area contributed by atoms with E-state index in [0.29, 0.717) is 10.8 Å². The van der Waals surface area contributed by atoms with Gasteiger partial charge in [0.15, 0.2) is 0 Å². The first kappa shape index (κ1) is 15.4. The molecule has 0 saturated carbocycles. The second kappa shape index (κ2) is 5.77. The Bertz CT molecular complexity index is 680. The minimum atomic E-state index is -0.537. The summed E-state index contributed by atoms with van der Waals surface area (Å²) in [6, 6.07) is 7.23. The zero-order chi connectivity index (χ0) is 15.6. The Hall–Kier alpha value is -2.01. The first-order valence-electron chi connectivity index (χ1n) is 6.56. The zero-order valence-electron chi connectivity index (χ0n) is 12.2. The first-order valence-corrected chi connectivity index (χ1v) is 6.94. The summed E-state index contributed by atoms with van der Waals surface area (Å²) >= 11 is 5.96. The first-order chi connectivity index (χ1) is 9.74. The Labute approximate surface area is 128 Å². The molecule has 6 heteroatoms. The second-order valence-electron chi connectivity index (χ2n) is 5.73. The monoisotopic (exact) mass is 307 g/mol. The van der Waals surface area contributed by atoms with Gasteiger partial charge in [0.2, 0.25) is 0 Å². The van der Waals surface area contributed by atoms with Crippen LogP contribution in [0.15, 0.2) is 24.3 Å². The van der Waals surface area contributed by atoms with E-state index in [2.05, 4.69) is 10.3 Å². The molecule has 0 bridgehead atoms. The molecule has 0 atom stereocenters. The van der Waals surface area contributed by atoms with Crippen LogP contribution in [0, 0.1) is 0 Å². The number of fused-ring (bicyclic) bond motifs is 1. The van der Waals surface area contributed by atoms with Gasteiger partial charge in [0.05, 0.1) is 5.52 Å². The van der Waals surface area contributed by atoms with Crippen molar-refractivity contribution in [1.29, 1.82) is 0 Å². The largest absolute Gasteiger partial charge is 0.444 e. The number of amides is 1. The van der Waals surface area contributed by atoms with Crippen LogP contribution < -0.4 is 11.1 Å². The number of nitrogens with one attached hydrogen (secondary N) is 1. The molecule has 1 heterocycles. The van der Waals surface area contributed by atoms with Crippen molar-refractivity contribution in [2.45, 2.75) is 32.9 Å². The van der Waals surface area contributed by atoms with E-state index in [1.165, 1.54) is 0 Å². The average Bonchev–Trinajstić information content (AvgIpc) is 2.34. The van der Waals surface area contributed by atoms with E-state index in [-0.39, 0.29) is 6.54 Å². The van der Waals surface area contributed by atoms with E-state index in [1.807, 2.05) is 6.07 Å². The van der Waals surface area contributed by atoms with Gasteiger partial charge in [0, 0.05) is 22.5 Å². The Morgan fingerprint density at radius 2 is 2.10 bits per heavy atom. The van der Waals surface area contributed by atoms with Crippen LogP contribution in [0.4, 0.5) is 10.6 Å². The molecule has 5 nitrogen and oxygen atoms in total. The lowest BCUT2D eigenvalue weighted by atomic mass is 10.1. The molecule has 112 valence electrons. The summed E-state index contributed by atoms with van der Waals surface area (Å²) in [6.45, 7) is 5.66. The fraction of sp³-hybridized carbons (Fsp3) is 0.333. The molecule has 1 aromatic carbocycles. The third kappa shape index (κ3) is 4.23. The van der Waals surface area contributed by atoms with Crippen LogP contribution in [0.1, 0.15) is 26.3 Å². The van der Waals surface area contributed by atoms with Crippen molar-refractivity contribution in [2.75, 3.05) is 5.73 Å². The smallest absolute Gasteiger partial charge is 0.407 e. The van der Waals surface area contributed by atoms with Crippen molar-refractivity contribution in [3.8, 4) is 0 Å². The second-order valence-corrected chi connectivity index (χ2v) is 6.16. The van der Waals surface area contributed by atoms with Gasteiger partial charge in [-0.05, 0) is 45.0 Å². The van der Waals surface area contributed by atoms with Crippen LogP contribution >= 0.6 is 11.6 Å². The molecule has 0 radical (unpaired) electrons. The van der Waals surface area contributed by atoms with Crippen molar-refractivity contribution in [3.63, 3.8) is 0 Å². The lowest BCUT2D eigenvalue weighted by Crippen LogP contribution is -2.32. The van der Waals surface area contributed by atoms with Crippen molar-refractivity contribution >= 4 is 34.4 Å². The lowest BCUT2D eigenvalue weighted by molar-refractivity contribution is 0.0523. The van der Waals surface area contributed by atoms with Crippen LogP contribution in [-0.2, 0) is 11.3 Å². The molecule has 21 heavy (non-hydrogen) atoms. The average molecular weight is 308 g/mol. The normalized spacial score (nSPS) is 11.4. The topological polar surface area (TPSA) is 77.2 Å². The number of ether oxygens (including phenoxy) is 1. The zero-order valence-corrected chi connectivity index (χ0v) is 13.0. The number of aromatic nitrogens is 1. The number of nitrogens with two attached hydrogens (primary N) is 1. The minimum absolute atomic E-state index is 0.246. The Kier molecular flexibility index (Phi) is 4.23. The summed E-state index contributed by atoms with van der Waals surface area (Å²) in [4.78, 5) is 15.9. The number of nitrogens with zero attached hydrogens (tertiary/aromatic N) is 1. The van der Waals surface area contributed by atoms with Gasteiger partial charge >= 0.3 is 6.09 Å². The highest BCUT2D eigenvalue weighted by Gasteiger charge is 2.16. The molecule has 1 amide bonds. The number of carbonyl (C=O) groups is 1. The molecular weight excluding hydrogens is 290 g/mol. The highest BCUT2D eigenvalue weighted by molar-refractivity contribution is 6.31. The SMILES string of the molecule is CC(C)(C)OC(=O)NCc1cc2cc(Cl)ccc2nc1N. The van der Waals surface area contributed by atoms with Crippen molar-refractivity contribution in [3.05, 3.63) is 34.9 Å². The molecule has 0 aliphatic heterocycles. The highest BCUT2D eigenvalue weighted by Crippen LogP contribution is 2.22. The van der Waals surface area contributed by atoms with E-state index >= 15 is 0 Å². The summed E-state index contributed by atoms with van der Waals surface area (Å²) < 4.78 is 5.17. The molecule has 3 N–H and O–H groups in total. The third-order valence-electron chi connectivity index (χ3n) is 2.71. The molecule has 0 saturated heterocycles. The summed E-state index contributed by atoms with van der Waals surface area (Å²) in [7, 11) is 0. The van der Waals surface area contributed by atoms with Crippen molar-refractivity contribution < 1.29 is 9.53 Å². The number of pyridine rings is 1. The standard InChI is InChI=1S/C15H18ClN3O2/c1-15(2,3)21-14(20)18-8-10-6-9-7-11(16)4-5-12(9)19-13(10)17/h4-7H,8H2,1-3H3,(H2,17,19)(H,18,20). The molecule has 0 aliphatic carbocycles. The number of nitrogen functional groups attached to an aromatic ring is 1. The van der Waals surface area contributed by atoms with Gasteiger partial charge in [-0.2, -0.15) is 0 Å². The van der Waals surface area contributed by atoms with E-state index < -0.39 is 11.7 Å². The molecule has 0 unspecified atom stereocenters. The minimum Gasteiger partial charge on any atom is -0.444 e. The van der Waals surface area contributed by atoms with Gasteiger partial charge in [-0.15, -0.1) is 0 Å². The number of hydrogen-bond donors (Lipinski definition) is 2. The predicted molar refractivity (Wildman–Crippen MR) is 84.2 cm³/mol. The molecule has 1 aromatic heterocycles. The van der Waals surface area contributed by atoms with Gasteiger partial charge in [0.1, 0.15) is 11.4 Å². The third-order valence-corrected chi connectivity index (χ3v) is 2.95. The summed E-state index contributed by atoms with van der Waals surface area (Å²) in [5.41, 5.74) is 6.85. The van der Waals surface area contributed by atoms with Crippen LogP contribution in [0.3, 0.4) is 0 Å². The lowest BCUT2D eigenvalue weighted by Gasteiger charge is -2.19. The number of benzene rings is 1. The van der Waals surface area contributed by atoms with Crippen molar-refractivity contribution in [2.24, 2.45) is 0 Å². The van der Waals surface area contributed by atoms with Crippen LogP contribution in [0.5, 0.6) is 0 Å². The van der Waals surface area contributed by atoms with Crippen LogP contribution in [0.2, 0.25) is 5.02 Å². The van der Waals surface area contributed by atoms with Crippen LogP contribution in [0.25, 0.3) is 10.9 Å². The summed E-state index contributed by atoms with van der Waals surface area (Å²) in [5.74, 6) is 0.376. The quantitative estimate of drug-likeness (QED) is 0.890. The highest BCUT2D eigenvalue weighted by atomic mass is 35.5. The number of rotatable bonds is 2. The van der Waals surface area contributed by atoms with E-state index in [9.17, 15) is 4.79 Å². The molecule has 0 fully saturated rings. The maximum Gasteiger partial charge on any atom is 0.407 e. The Morgan fingerprint density at radius 3 is 2.76 bits per heavy atom. The van der Waals surface area contributed by atoms with Gasteiger partial charge in [-0.25, -0.2) is 9.78 Å². The van der Waals surface area contributed by atoms with Gasteiger partial charge in [0.25, 0.3) is 0 Å². The summed E-state index contributed by atoms with van der Waals surface area (Å²) in [5, 5.41) is 4.16. The maximum absolute atomic E-state index is 11.6. The molecule has 0 aliphatic rings. The molecule has 2 aromatic rings. The van der Waals surface area contributed by atoms with Crippen LogP contribution in [-0.4, -0.2) is 16.7 Å². The number of carbonyl (C=O) groups excluding carboxylic acids is 1.